The van der Waals surface area contributed by atoms with Crippen LogP contribution in [0.4, 0.5) is 0 Å². The summed E-state index contributed by atoms with van der Waals surface area (Å²) in [6.45, 7) is 1.38. The van der Waals surface area contributed by atoms with Gasteiger partial charge >= 0.3 is 0 Å². The predicted octanol–water partition coefficient (Wildman–Crippen LogP) is 4.44. The van der Waals surface area contributed by atoms with E-state index in [4.69, 9.17) is 4.74 Å². The highest BCUT2D eigenvalue weighted by Crippen LogP contribution is 2.55. The minimum absolute atomic E-state index is 0.0429. The summed E-state index contributed by atoms with van der Waals surface area (Å²) in [5.41, 5.74) is 2.56. The maximum Gasteiger partial charge on any atom is 0.258 e. The molecule has 158 valence electrons. The Kier molecular flexibility index (Phi) is 5.51. The van der Waals surface area contributed by atoms with Crippen LogP contribution in [-0.2, 0) is 17.9 Å². The smallest absolute Gasteiger partial charge is 0.258 e. The van der Waals surface area contributed by atoms with Crippen LogP contribution in [0, 0.1) is 17.8 Å². The van der Waals surface area contributed by atoms with Crippen LogP contribution in [0.1, 0.15) is 49.7 Å². The maximum atomic E-state index is 12.2. The molecule has 4 heteroatoms. The Hall–Kier alpha value is -2.33. The van der Waals surface area contributed by atoms with Crippen LogP contribution >= 0.6 is 0 Å². The van der Waals surface area contributed by atoms with Crippen LogP contribution in [0.15, 0.2) is 54.6 Å². The van der Waals surface area contributed by atoms with Crippen molar-refractivity contribution in [3.63, 3.8) is 0 Å². The predicted molar refractivity (Wildman–Crippen MR) is 118 cm³/mol. The van der Waals surface area contributed by atoms with Crippen LogP contribution in [0.5, 0.6) is 5.75 Å². The van der Waals surface area contributed by atoms with Crippen LogP contribution in [0.3, 0.4) is 0 Å². The lowest BCUT2D eigenvalue weighted by atomic mass is 9.53. The first-order valence-corrected chi connectivity index (χ1v) is 11.4. The lowest BCUT2D eigenvalue weighted by Crippen LogP contribution is -2.58. The second-order valence-electron chi connectivity index (χ2n) is 9.71. The highest BCUT2D eigenvalue weighted by molar-refractivity contribution is 5.77. The molecule has 0 aromatic heterocycles. The van der Waals surface area contributed by atoms with Gasteiger partial charge in [0.15, 0.2) is 6.61 Å². The van der Waals surface area contributed by atoms with E-state index in [0.717, 1.165) is 41.2 Å². The van der Waals surface area contributed by atoms with E-state index >= 15 is 0 Å². The molecule has 4 saturated carbocycles. The third-order valence-electron chi connectivity index (χ3n) is 7.36. The zero-order valence-electron chi connectivity index (χ0n) is 17.6. The molecule has 0 spiro atoms. The molecule has 2 aromatic carbocycles. The van der Waals surface area contributed by atoms with Gasteiger partial charge in [-0.1, -0.05) is 48.5 Å². The number of para-hydroxylation sites is 1. The Morgan fingerprint density at radius 3 is 2.20 bits per heavy atom. The highest BCUT2D eigenvalue weighted by Gasteiger charge is 2.50. The first-order chi connectivity index (χ1) is 14.7. The summed E-state index contributed by atoms with van der Waals surface area (Å²) in [5, 5.41) is 6.87. The van der Waals surface area contributed by atoms with Crippen molar-refractivity contribution in [3.8, 4) is 5.75 Å². The van der Waals surface area contributed by atoms with E-state index in [-0.39, 0.29) is 12.5 Å². The molecule has 30 heavy (non-hydrogen) atoms. The van der Waals surface area contributed by atoms with Gasteiger partial charge in [-0.15, -0.1) is 0 Å². The number of ether oxygens (including phenoxy) is 1. The van der Waals surface area contributed by atoms with Crippen molar-refractivity contribution in [1.29, 1.82) is 0 Å². The molecule has 4 bridgehead atoms. The van der Waals surface area contributed by atoms with Gasteiger partial charge in [0.05, 0.1) is 0 Å². The van der Waals surface area contributed by atoms with Gasteiger partial charge in [0.25, 0.3) is 5.91 Å². The average Bonchev–Trinajstić information content (AvgIpc) is 2.75. The van der Waals surface area contributed by atoms with Gasteiger partial charge in [-0.25, -0.2) is 0 Å². The average molecular weight is 405 g/mol. The standard InChI is InChI=1S/C26H32N2O2/c29-25(27-16-19-6-2-1-3-7-19)18-30-24-9-5-4-8-23(24)17-28-26-13-20-10-21(14-26)12-22(11-20)15-26/h1-9,20-22,28H,10-18H2,(H,27,29). The Bertz CT molecular complexity index is 844. The van der Waals surface area contributed by atoms with Crippen LogP contribution < -0.4 is 15.4 Å². The number of carbonyl (C=O) groups is 1. The van der Waals surface area contributed by atoms with Gasteiger partial charge in [0.1, 0.15) is 5.75 Å². The Morgan fingerprint density at radius 2 is 1.50 bits per heavy atom. The van der Waals surface area contributed by atoms with Crippen LogP contribution in [0.2, 0.25) is 0 Å². The molecule has 0 heterocycles. The van der Waals surface area contributed by atoms with Crippen molar-refractivity contribution in [2.45, 2.75) is 57.2 Å². The van der Waals surface area contributed by atoms with Crippen molar-refractivity contribution in [3.05, 3.63) is 65.7 Å². The fraction of sp³-hybridized carbons (Fsp3) is 0.500. The molecular weight excluding hydrogens is 372 g/mol. The summed E-state index contributed by atoms with van der Waals surface area (Å²) in [5.74, 6) is 3.52. The minimum Gasteiger partial charge on any atom is -0.483 e. The summed E-state index contributed by atoms with van der Waals surface area (Å²) >= 11 is 0. The van der Waals surface area contributed by atoms with E-state index in [0.29, 0.717) is 12.1 Å². The number of nitrogens with one attached hydrogen (secondary N) is 2. The van der Waals surface area contributed by atoms with Crippen molar-refractivity contribution in [2.24, 2.45) is 17.8 Å². The van der Waals surface area contributed by atoms with Gasteiger partial charge in [-0.05, 0) is 67.9 Å². The Labute approximate surface area is 179 Å². The lowest BCUT2D eigenvalue weighted by molar-refractivity contribution is -0.123. The normalized spacial score (nSPS) is 29.0. The van der Waals surface area contributed by atoms with Crippen molar-refractivity contribution in [1.82, 2.24) is 10.6 Å². The molecule has 0 saturated heterocycles. The molecule has 1 amide bonds. The third-order valence-corrected chi connectivity index (χ3v) is 7.36. The zero-order valence-corrected chi connectivity index (χ0v) is 17.6. The molecular formula is C26H32N2O2. The van der Waals surface area contributed by atoms with E-state index in [1.54, 1.807) is 0 Å². The van der Waals surface area contributed by atoms with Gasteiger partial charge < -0.3 is 15.4 Å². The molecule has 2 N–H and O–H groups in total. The van der Waals surface area contributed by atoms with E-state index < -0.39 is 0 Å². The topological polar surface area (TPSA) is 50.4 Å². The number of hydrogen-bond acceptors (Lipinski definition) is 3. The van der Waals surface area contributed by atoms with Crippen LogP contribution in [0.25, 0.3) is 0 Å². The largest absolute Gasteiger partial charge is 0.483 e. The fourth-order valence-corrected chi connectivity index (χ4v) is 6.39. The molecule has 4 nitrogen and oxygen atoms in total. The van der Waals surface area contributed by atoms with E-state index in [9.17, 15) is 4.79 Å². The molecule has 4 aliphatic carbocycles. The molecule has 6 rings (SSSR count). The maximum absolute atomic E-state index is 12.2. The zero-order chi connectivity index (χ0) is 20.4. The van der Waals surface area contributed by atoms with Gasteiger partial charge in [-0.3, -0.25) is 4.79 Å². The second-order valence-corrected chi connectivity index (χ2v) is 9.71. The van der Waals surface area contributed by atoms with Gasteiger partial charge in [-0.2, -0.15) is 0 Å². The molecule has 2 aromatic rings. The molecule has 0 unspecified atom stereocenters. The van der Waals surface area contributed by atoms with Crippen molar-refractivity contribution < 1.29 is 9.53 Å². The molecule has 4 aliphatic rings. The van der Waals surface area contributed by atoms with Crippen LogP contribution in [-0.4, -0.2) is 18.1 Å². The number of carbonyl (C=O) groups excluding carboxylic acids is 1. The summed E-state index contributed by atoms with van der Waals surface area (Å²) in [7, 11) is 0. The second kappa shape index (κ2) is 8.43. The van der Waals surface area contributed by atoms with E-state index in [1.165, 1.54) is 38.5 Å². The minimum atomic E-state index is -0.0947. The number of amides is 1. The molecule has 0 radical (unpaired) electrons. The summed E-state index contributed by atoms with van der Waals surface area (Å²) < 4.78 is 5.91. The molecule has 4 fully saturated rings. The van der Waals surface area contributed by atoms with Crippen molar-refractivity contribution in [2.75, 3.05) is 6.61 Å². The first-order valence-electron chi connectivity index (χ1n) is 11.4. The monoisotopic (exact) mass is 404 g/mol. The Morgan fingerprint density at radius 1 is 0.867 bits per heavy atom. The van der Waals surface area contributed by atoms with Gasteiger partial charge in [0.2, 0.25) is 0 Å². The quantitative estimate of drug-likeness (QED) is 0.684. The summed E-state index contributed by atoms with van der Waals surface area (Å²) in [6.07, 6.45) is 8.38. The first kappa shape index (κ1) is 19.6. The molecule has 0 aliphatic heterocycles. The SMILES string of the molecule is O=C(COc1ccccc1CNC12CC3CC(CC(C3)C1)C2)NCc1ccccc1. The van der Waals surface area contributed by atoms with E-state index in [2.05, 4.69) is 22.8 Å². The highest BCUT2D eigenvalue weighted by atomic mass is 16.5. The number of hydrogen-bond donors (Lipinski definition) is 2. The summed E-state index contributed by atoms with van der Waals surface area (Å²) in [4.78, 5) is 12.2. The third kappa shape index (κ3) is 4.39. The fourth-order valence-electron chi connectivity index (χ4n) is 6.39. The Balaban J connectivity index is 1.15. The van der Waals surface area contributed by atoms with Gasteiger partial charge in [0, 0.05) is 24.2 Å². The number of benzene rings is 2. The van der Waals surface area contributed by atoms with E-state index in [1.807, 2.05) is 42.5 Å². The lowest BCUT2D eigenvalue weighted by Gasteiger charge is -2.57. The number of rotatable bonds is 8. The van der Waals surface area contributed by atoms with Crippen molar-refractivity contribution >= 4 is 5.91 Å². The summed E-state index contributed by atoms with van der Waals surface area (Å²) in [6, 6.07) is 18.1. The molecule has 0 atom stereocenters.